The van der Waals surface area contributed by atoms with Crippen LogP contribution in [0.4, 0.5) is 16.3 Å². The molecule has 2 aromatic rings. The lowest BCUT2D eigenvalue weighted by Crippen LogP contribution is -2.50. The SMILES string of the molecule is C[C@H]1COC[C@H](C)N1c1cc(C2(S(=O)(=O)C3CC3)CC2)nc(-c2ccc(NC(=O)NCCO)cc2)n1. The molecule has 3 N–H and O–H groups in total. The minimum atomic E-state index is -3.31. The van der Waals surface area contributed by atoms with Crippen LogP contribution in [0.3, 0.4) is 0 Å². The number of carbonyl (C=O) groups excluding carboxylic acids is 1. The molecule has 5 rings (SSSR count). The summed E-state index contributed by atoms with van der Waals surface area (Å²) in [4.78, 5) is 23.8. The van der Waals surface area contributed by atoms with E-state index in [1.807, 2.05) is 18.2 Å². The second-order valence-corrected chi connectivity index (χ2v) is 12.5. The van der Waals surface area contributed by atoms with Gasteiger partial charge in [0.25, 0.3) is 0 Å². The van der Waals surface area contributed by atoms with E-state index in [-0.39, 0.29) is 30.5 Å². The molecule has 2 heterocycles. The molecule has 10 nitrogen and oxygen atoms in total. The lowest BCUT2D eigenvalue weighted by atomic mass is 10.1. The highest BCUT2D eigenvalue weighted by Crippen LogP contribution is 2.57. The number of sulfone groups is 1. The van der Waals surface area contributed by atoms with Gasteiger partial charge in [-0.3, -0.25) is 0 Å². The number of carbonyl (C=O) groups is 1. The monoisotopic (exact) mass is 515 g/mol. The highest BCUT2D eigenvalue weighted by atomic mass is 32.2. The van der Waals surface area contributed by atoms with Gasteiger partial charge < -0.3 is 25.4 Å². The van der Waals surface area contributed by atoms with Crippen LogP contribution in [-0.4, -0.2) is 73.2 Å². The summed E-state index contributed by atoms with van der Waals surface area (Å²) in [6.45, 7) is 5.32. The minimum absolute atomic E-state index is 0.0866. The number of benzene rings is 1. The number of amides is 2. The Morgan fingerprint density at radius 1 is 1.14 bits per heavy atom. The topological polar surface area (TPSA) is 134 Å². The van der Waals surface area contributed by atoms with E-state index in [4.69, 9.17) is 19.8 Å². The highest BCUT2D eigenvalue weighted by molar-refractivity contribution is 7.93. The first kappa shape index (κ1) is 24.9. The van der Waals surface area contributed by atoms with Gasteiger partial charge in [0.1, 0.15) is 10.6 Å². The molecule has 3 aliphatic rings. The summed E-state index contributed by atoms with van der Waals surface area (Å²) in [5.41, 5.74) is 1.88. The van der Waals surface area contributed by atoms with Gasteiger partial charge in [-0.15, -0.1) is 0 Å². The van der Waals surface area contributed by atoms with E-state index in [0.717, 1.165) is 18.4 Å². The molecule has 2 atom stereocenters. The van der Waals surface area contributed by atoms with Gasteiger partial charge in [-0.25, -0.2) is 23.2 Å². The van der Waals surface area contributed by atoms with Gasteiger partial charge in [0.2, 0.25) is 0 Å². The average Bonchev–Trinajstić information content (AvgIpc) is 3.76. The fraction of sp³-hybridized carbons (Fsp3) is 0.560. The van der Waals surface area contributed by atoms with Crippen LogP contribution in [0.25, 0.3) is 11.4 Å². The zero-order valence-corrected chi connectivity index (χ0v) is 21.4. The van der Waals surface area contributed by atoms with E-state index in [2.05, 4.69) is 29.4 Å². The summed E-state index contributed by atoms with van der Waals surface area (Å²) in [5.74, 6) is 1.17. The predicted molar refractivity (Wildman–Crippen MR) is 137 cm³/mol. The molecule has 1 aromatic heterocycles. The molecular weight excluding hydrogens is 482 g/mol. The molecule has 2 saturated carbocycles. The largest absolute Gasteiger partial charge is 0.395 e. The Kier molecular flexibility index (Phi) is 6.65. The third-order valence-corrected chi connectivity index (χ3v) is 10.2. The second-order valence-electron chi connectivity index (χ2n) is 10.00. The number of hydrogen-bond acceptors (Lipinski definition) is 8. The van der Waals surface area contributed by atoms with Crippen molar-refractivity contribution >= 4 is 27.4 Å². The van der Waals surface area contributed by atoms with Gasteiger partial charge in [0, 0.05) is 23.9 Å². The van der Waals surface area contributed by atoms with Crippen LogP contribution in [0, 0.1) is 0 Å². The van der Waals surface area contributed by atoms with Gasteiger partial charge in [0.15, 0.2) is 15.7 Å². The molecule has 36 heavy (non-hydrogen) atoms. The van der Waals surface area contributed by atoms with Crippen LogP contribution < -0.4 is 15.5 Å². The van der Waals surface area contributed by atoms with E-state index in [0.29, 0.717) is 49.1 Å². The van der Waals surface area contributed by atoms with Crippen LogP contribution in [0.15, 0.2) is 30.3 Å². The van der Waals surface area contributed by atoms with E-state index in [1.54, 1.807) is 12.1 Å². The molecule has 0 bridgehead atoms. The molecule has 0 radical (unpaired) electrons. The fourth-order valence-electron chi connectivity index (χ4n) is 4.93. The number of ether oxygens (including phenoxy) is 1. The van der Waals surface area contributed by atoms with Crippen molar-refractivity contribution in [2.24, 2.45) is 0 Å². The zero-order chi connectivity index (χ0) is 25.5. The number of aliphatic hydroxyl groups excluding tert-OH is 1. The molecular formula is C25H33N5O5S. The minimum Gasteiger partial charge on any atom is -0.395 e. The summed E-state index contributed by atoms with van der Waals surface area (Å²) >= 11 is 0. The van der Waals surface area contributed by atoms with Crippen molar-refractivity contribution in [1.82, 2.24) is 15.3 Å². The standard InChI is InChI=1S/C25H33N5O5S/c1-16-14-35-15-17(2)30(16)22-13-21(25(9-10-25)36(33,34)20-7-8-20)28-23(29-22)18-3-5-19(6-4-18)27-24(32)26-11-12-31/h3-6,13,16-17,20,31H,7-12,14-15H2,1-2H3,(H2,26,27,32)/t16-,17-/m0/s1. The van der Waals surface area contributed by atoms with Crippen molar-refractivity contribution in [1.29, 1.82) is 0 Å². The maximum atomic E-state index is 13.4. The van der Waals surface area contributed by atoms with Crippen molar-refractivity contribution in [3.8, 4) is 11.4 Å². The van der Waals surface area contributed by atoms with Gasteiger partial charge in [-0.1, -0.05) is 0 Å². The normalized spacial score (nSPS) is 23.2. The molecule has 194 valence electrons. The van der Waals surface area contributed by atoms with Crippen LogP contribution in [0.5, 0.6) is 0 Å². The van der Waals surface area contributed by atoms with Gasteiger partial charge >= 0.3 is 6.03 Å². The smallest absolute Gasteiger partial charge is 0.319 e. The first-order valence-electron chi connectivity index (χ1n) is 12.5. The molecule has 0 spiro atoms. The van der Waals surface area contributed by atoms with Crippen molar-refractivity contribution in [3.63, 3.8) is 0 Å². The third kappa shape index (κ3) is 4.67. The quantitative estimate of drug-likeness (QED) is 0.488. The van der Waals surface area contributed by atoms with Crippen LogP contribution in [0.2, 0.25) is 0 Å². The van der Waals surface area contributed by atoms with E-state index in [9.17, 15) is 13.2 Å². The molecule has 0 unspecified atom stereocenters. The lowest BCUT2D eigenvalue weighted by molar-refractivity contribution is 0.0752. The first-order valence-corrected chi connectivity index (χ1v) is 14.0. The van der Waals surface area contributed by atoms with Crippen molar-refractivity contribution in [3.05, 3.63) is 36.0 Å². The summed E-state index contributed by atoms with van der Waals surface area (Å²) in [5, 5.41) is 13.9. The molecule has 3 fully saturated rings. The molecule has 1 saturated heterocycles. The highest BCUT2D eigenvalue weighted by Gasteiger charge is 2.61. The Morgan fingerprint density at radius 2 is 1.81 bits per heavy atom. The number of nitrogens with one attached hydrogen (secondary N) is 2. The molecule has 1 aliphatic heterocycles. The number of anilines is 2. The van der Waals surface area contributed by atoms with Gasteiger partial charge in [0.05, 0.1) is 42.8 Å². The number of nitrogens with zero attached hydrogens (tertiary/aromatic N) is 3. The average molecular weight is 516 g/mol. The second kappa shape index (κ2) is 9.60. The third-order valence-electron chi connectivity index (χ3n) is 7.12. The molecule has 2 amide bonds. The zero-order valence-electron chi connectivity index (χ0n) is 20.6. The number of aliphatic hydroxyl groups is 1. The molecule has 1 aromatic carbocycles. The molecule has 2 aliphatic carbocycles. The van der Waals surface area contributed by atoms with E-state index in [1.165, 1.54) is 0 Å². The van der Waals surface area contributed by atoms with Crippen LogP contribution >= 0.6 is 0 Å². The van der Waals surface area contributed by atoms with Crippen LogP contribution in [0.1, 0.15) is 45.2 Å². The maximum absolute atomic E-state index is 13.4. The lowest BCUT2D eigenvalue weighted by Gasteiger charge is -2.40. The predicted octanol–water partition coefficient (Wildman–Crippen LogP) is 2.44. The van der Waals surface area contributed by atoms with Crippen LogP contribution in [-0.2, 0) is 19.3 Å². The summed E-state index contributed by atoms with van der Waals surface area (Å²) in [6.07, 6.45) is 2.63. The summed E-state index contributed by atoms with van der Waals surface area (Å²) < 4.78 is 31.6. The number of morpholine rings is 1. The molecule has 11 heteroatoms. The van der Waals surface area contributed by atoms with Gasteiger partial charge in [-0.05, 0) is 63.8 Å². The number of urea groups is 1. The van der Waals surface area contributed by atoms with Crippen molar-refractivity contribution in [2.45, 2.75) is 61.6 Å². The van der Waals surface area contributed by atoms with E-state index < -0.39 is 20.6 Å². The first-order chi connectivity index (χ1) is 17.2. The van der Waals surface area contributed by atoms with Gasteiger partial charge in [-0.2, -0.15) is 0 Å². The Labute approximate surface area is 211 Å². The number of rotatable bonds is 8. The maximum Gasteiger partial charge on any atom is 0.319 e. The van der Waals surface area contributed by atoms with E-state index >= 15 is 0 Å². The summed E-state index contributed by atoms with van der Waals surface area (Å²) in [6, 6.07) is 8.75. The Balaban J connectivity index is 1.51. The Bertz CT molecular complexity index is 1220. The fourth-order valence-corrected chi connectivity index (χ4v) is 7.39. The number of aromatic nitrogens is 2. The summed E-state index contributed by atoms with van der Waals surface area (Å²) in [7, 11) is -3.31. The Morgan fingerprint density at radius 3 is 2.39 bits per heavy atom. The van der Waals surface area contributed by atoms with Crippen molar-refractivity contribution < 1.29 is 23.1 Å². The van der Waals surface area contributed by atoms with Crippen molar-refractivity contribution in [2.75, 3.05) is 36.6 Å². The number of hydrogen-bond donors (Lipinski definition) is 3. The Hall–Kier alpha value is -2.76.